The Kier molecular flexibility index (Phi) is 4.56. The topological polar surface area (TPSA) is 58.9 Å². The summed E-state index contributed by atoms with van der Waals surface area (Å²) in [5.74, 6) is 0. The van der Waals surface area contributed by atoms with Gasteiger partial charge in [-0.1, -0.05) is 6.08 Å². The molecule has 14 heavy (non-hydrogen) atoms. The van der Waals surface area contributed by atoms with Gasteiger partial charge in [0.05, 0.1) is 6.54 Å². The molecular formula is C10H12N2O2. The molecule has 0 saturated carbocycles. The van der Waals surface area contributed by atoms with Crippen LogP contribution in [0.25, 0.3) is 0 Å². The van der Waals surface area contributed by atoms with Gasteiger partial charge >= 0.3 is 0 Å². The maximum atomic E-state index is 10.2. The summed E-state index contributed by atoms with van der Waals surface area (Å²) in [5, 5.41) is 0. The second kappa shape index (κ2) is 6.03. The standard InChI is InChI=1S/C10H12N2O2/c13-7-11-6-10(12-8-14)9-4-2-1-3-5-9/h4,10H,1-3,5-6H2. The third-order valence-corrected chi connectivity index (χ3v) is 2.29. The zero-order valence-corrected chi connectivity index (χ0v) is 7.90. The van der Waals surface area contributed by atoms with Crippen LogP contribution < -0.4 is 0 Å². The normalized spacial score (nSPS) is 17.3. The van der Waals surface area contributed by atoms with Crippen LogP contribution in [0.4, 0.5) is 0 Å². The lowest BCUT2D eigenvalue weighted by Gasteiger charge is -2.16. The van der Waals surface area contributed by atoms with E-state index in [2.05, 4.69) is 16.1 Å². The molecule has 4 nitrogen and oxygen atoms in total. The minimum Gasteiger partial charge on any atom is -0.211 e. The van der Waals surface area contributed by atoms with Crippen LogP contribution in [0.1, 0.15) is 25.7 Å². The van der Waals surface area contributed by atoms with Gasteiger partial charge in [-0.2, -0.15) is 4.99 Å². The summed E-state index contributed by atoms with van der Waals surface area (Å²) in [7, 11) is 0. The number of hydrogen-bond acceptors (Lipinski definition) is 4. The number of carbonyl (C=O) groups excluding carboxylic acids is 2. The molecule has 0 fully saturated rings. The van der Waals surface area contributed by atoms with Crippen molar-refractivity contribution in [2.24, 2.45) is 9.98 Å². The van der Waals surface area contributed by atoms with Crippen molar-refractivity contribution >= 4 is 12.2 Å². The molecule has 0 aliphatic heterocycles. The molecule has 4 heteroatoms. The van der Waals surface area contributed by atoms with Crippen LogP contribution in [0.3, 0.4) is 0 Å². The van der Waals surface area contributed by atoms with Crippen LogP contribution in [0.15, 0.2) is 21.6 Å². The van der Waals surface area contributed by atoms with Crippen LogP contribution in [-0.4, -0.2) is 24.7 Å². The average molecular weight is 192 g/mol. The Bertz CT molecular complexity index is 310. The molecule has 0 N–H and O–H groups in total. The van der Waals surface area contributed by atoms with Crippen molar-refractivity contribution in [3.05, 3.63) is 11.6 Å². The Labute approximate surface area is 82.4 Å². The lowest BCUT2D eigenvalue weighted by molar-refractivity contribution is 0.552. The molecule has 1 atom stereocenters. The van der Waals surface area contributed by atoms with Gasteiger partial charge in [0, 0.05) is 0 Å². The van der Waals surface area contributed by atoms with Crippen molar-refractivity contribution in [2.75, 3.05) is 6.54 Å². The molecule has 1 unspecified atom stereocenters. The number of aliphatic imine (C=N–C) groups is 2. The lowest BCUT2D eigenvalue weighted by Crippen LogP contribution is -2.14. The number of nitrogens with zero attached hydrogens (tertiary/aromatic N) is 2. The number of allylic oxidation sites excluding steroid dienone is 1. The number of rotatable bonds is 4. The lowest BCUT2D eigenvalue weighted by atomic mass is 9.94. The van der Waals surface area contributed by atoms with Crippen molar-refractivity contribution in [1.82, 2.24) is 0 Å². The SMILES string of the molecule is O=C=NCC(N=C=O)C1=CCCCC1. The molecule has 1 aliphatic carbocycles. The molecule has 74 valence electrons. The van der Waals surface area contributed by atoms with Gasteiger partial charge in [-0.15, -0.1) is 0 Å². The fourth-order valence-corrected chi connectivity index (χ4v) is 1.59. The quantitative estimate of drug-likeness (QED) is 0.385. The van der Waals surface area contributed by atoms with Crippen molar-refractivity contribution in [1.29, 1.82) is 0 Å². The Morgan fingerprint density at radius 2 is 2.21 bits per heavy atom. The highest BCUT2D eigenvalue weighted by molar-refractivity contribution is 5.37. The molecule has 1 aliphatic rings. The maximum Gasteiger partial charge on any atom is 0.235 e. The van der Waals surface area contributed by atoms with Crippen LogP contribution in [0.2, 0.25) is 0 Å². The van der Waals surface area contributed by atoms with E-state index in [4.69, 9.17) is 0 Å². The summed E-state index contributed by atoms with van der Waals surface area (Å²) in [6, 6.07) is -0.297. The molecule has 0 spiro atoms. The van der Waals surface area contributed by atoms with Gasteiger partial charge in [-0.05, 0) is 31.3 Å². The van der Waals surface area contributed by atoms with E-state index in [-0.39, 0.29) is 12.6 Å². The van der Waals surface area contributed by atoms with E-state index in [1.54, 1.807) is 0 Å². The summed E-state index contributed by atoms with van der Waals surface area (Å²) in [5.41, 5.74) is 1.10. The van der Waals surface area contributed by atoms with Crippen LogP contribution in [0.5, 0.6) is 0 Å². The fourth-order valence-electron chi connectivity index (χ4n) is 1.59. The zero-order chi connectivity index (χ0) is 10.2. The van der Waals surface area contributed by atoms with E-state index in [9.17, 15) is 9.59 Å². The molecule has 0 amide bonds. The van der Waals surface area contributed by atoms with Crippen molar-refractivity contribution in [3.63, 3.8) is 0 Å². The van der Waals surface area contributed by atoms with Gasteiger partial charge in [0.2, 0.25) is 12.2 Å². The van der Waals surface area contributed by atoms with E-state index < -0.39 is 0 Å². The van der Waals surface area contributed by atoms with Crippen LogP contribution >= 0.6 is 0 Å². The second-order valence-corrected chi connectivity index (χ2v) is 3.19. The largest absolute Gasteiger partial charge is 0.235 e. The van der Waals surface area contributed by atoms with E-state index in [0.717, 1.165) is 24.8 Å². The van der Waals surface area contributed by atoms with Crippen molar-refractivity contribution in [3.8, 4) is 0 Å². The molecule has 0 aromatic heterocycles. The zero-order valence-electron chi connectivity index (χ0n) is 7.90. The average Bonchev–Trinajstić information content (AvgIpc) is 2.25. The third-order valence-electron chi connectivity index (χ3n) is 2.29. The predicted molar refractivity (Wildman–Crippen MR) is 51.4 cm³/mol. The summed E-state index contributed by atoms with van der Waals surface area (Å²) in [6.45, 7) is 0.213. The molecule has 0 aromatic rings. The number of isocyanates is 2. The Morgan fingerprint density at radius 3 is 2.79 bits per heavy atom. The van der Waals surface area contributed by atoms with Crippen LogP contribution in [0, 0.1) is 0 Å². The van der Waals surface area contributed by atoms with Gasteiger partial charge in [-0.25, -0.2) is 14.6 Å². The second-order valence-electron chi connectivity index (χ2n) is 3.19. The van der Waals surface area contributed by atoms with Crippen LogP contribution in [-0.2, 0) is 9.59 Å². The highest BCUT2D eigenvalue weighted by atomic mass is 16.1. The van der Waals surface area contributed by atoms with Gasteiger partial charge < -0.3 is 0 Å². The number of hydrogen-bond donors (Lipinski definition) is 0. The molecule has 0 saturated heterocycles. The summed E-state index contributed by atoms with van der Waals surface area (Å²) >= 11 is 0. The highest BCUT2D eigenvalue weighted by Crippen LogP contribution is 2.22. The maximum absolute atomic E-state index is 10.2. The first kappa shape index (κ1) is 10.6. The molecule has 0 radical (unpaired) electrons. The molecule has 0 aromatic carbocycles. The van der Waals surface area contributed by atoms with E-state index in [1.807, 2.05) is 0 Å². The summed E-state index contributed by atoms with van der Waals surface area (Å²) in [4.78, 5) is 27.2. The fraction of sp³-hybridized carbons (Fsp3) is 0.600. The molecule has 0 heterocycles. The summed E-state index contributed by atoms with van der Waals surface area (Å²) < 4.78 is 0. The monoisotopic (exact) mass is 192 g/mol. The summed E-state index contributed by atoms with van der Waals surface area (Å²) in [6.07, 6.45) is 9.30. The minimum absolute atomic E-state index is 0.213. The Hall–Kier alpha value is -1.50. The van der Waals surface area contributed by atoms with E-state index >= 15 is 0 Å². The first-order valence-electron chi connectivity index (χ1n) is 4.68. The van der Waals surface area contributed by atoms with Crippen molar-refractivity contribution < 1.29 is 9.59 Å². The first-order valence-corrected chi connectivity index (χ1v) is 4.68. The highest BCUT2D eigenvalue weighted by Gasteiger charge is 2.14. The molecule has 1 rings (SSSR count). The van der Waals surface area contributed by atoms with Crippen molar-refractivity contribution in [2.45, 2.75) is 31.7 Å². The Balaban J connectivity index is 2.69. The molecular weight excluding hydrogens is 180 g/mol. The first-order chi connectivity index (χ1) is 6.88. The van der Waals surface area contributed by atoms with Gasteiger partial charge in [0.15, 0.2) is 0 Å². The predicted octanol–water partition coefficient (Wildman–Crippen LogP) is 1.53. The minimum atomic E-state index is -0.297. The molecule has 0 bridgehead atoms. The third kappa shape index (κ3) is 3.09. The van der Waals surface area contributed by atoms with Gasteiger partial charge in [0.25, 0.3) is 0 Å². The van der Waals surface area contributed by atoms with E-state index in [1.165, 1.54) is 18.6 Å². The smallest absolute Gasteiger partial charge is 0.211 e. The van der Waals surface area contributed by atoms with Gasteiger partial charge in [-0.3, -0.25) is 0 Å². The van der Waals surface area contributed by atoms with E-state index in [0.29, 0.717) is 0 Å². The Morgan fingerprint density at radius 1 is 1.36 bits per heavy atom. The van der Waals surface area contributed by atoms with Gasteiger partial charge in [0.1, 0.15) is 6.04 Å².